The normalized spacial score (nSPS) is 16.8. The van der Waals surface area contributed by atoms with Crippen LogP contribution in [0.5, 0.6) is 0 Å². The zero-order valence-electron chi connectivity index (χ0n) is 24.0. The highest BCUT2D eigenvalue weighted by molar-refractivity contribution is 4.76. The highest BCUT2D eigenvalue weighted by atomic mass is 14.9. The molecule has 0 amide bonds. The molecule has 0 aliphatic carbocycles. The third kappa shape index (κ3) is 17.4. The summed E-state index contributed by atoms with van der Waals surface area (Å²) in [7, 11) is 0. The summed E-state index contributed by atoms with van der Waals surface area (Å²) in [5.41, 5.74) is 0. The van der Waals surface area contributed by atoms with Gasteiger partial charge in [0, 0.05) is 6.04 Å². The van der Waals surface area contributed by atoms with Crippen LogP contribution in [0, 0.1) is 29.6 Å². The van der Waals surface area contributed by atoms with E-state index in [-0.39, 0.29) is 0 Å². The molecule has 0 saturated heterocycles. The highest BCUT2D eigenvalue weighted by Gasteiger charge is 2.23. The van der Waals surface area contributed by atoms with E-state index < -0.39 is 0 Å². The first-order valence-electron chi connectivity index (χ1n) is 15.1. The lowest BCUT2D eigenvalue weighted by molar-refractivity contribution is 0.212. The first-order chi connectivity index (χ1) is 15.3. The molecule has 1 heteroatoms. The van der Waals surface area contributed by atoms with Crippen LogP contribution in [0.25, 0.3) is 0 Å². The Morgan fingerprint density at radius 1 is 0.562 bits per heavy atom. The molecule has 0 aliphatic heterocycles. The fourth-order valence-corrected chi connectivity index (χ4v) is 5.61. The SMILES string of the molecule is CCCCCCC(C)C(CC(C)NCC(CCCC)CCCC(C)CCCCC)C(C)C. The standard InChI is InChI=1S/C31H65N/c1-9-12-15-17-21-28(7)31(26(4)5)24-29(8)32-25-30(22-14-11-3)23-18-20-27(6)19-16-13-10-2/h26-32H,9-25H2,1-8H3. The Morgan fingerprint density at radius 3 is 1.75 bits per heavy atom. The molecule has 0 aliphatic rings. The van der Waals surface area contributed by atoms with Gasteiger partial charge in [0.1, 0.15) is 0 Å². The van der Waals surface area contributed by atoms with Crippen LogP contribution in [0.3, 0.4) is 0 Å². The van der Waals surface area contributed by atoms with Crippen LogP contribution in [0.4, 0.5) is 0 Å². The minimum absolute atomic E-state index is 0.651. The fraction of sp³-hybridized carbons (Fsp3) is 1.00. The number of unbranched alkanes of at least 4 members (excludes halogenated alkanes) is 6. The summed E-state index contributed by atoms with van der Waals surface area (Å²) in [6.07, 6.45) is 22.5. The second-order valence-corrected chi connectivity index (χ2v) is 11.8. The van der Waals surface area contributed by atoms with Crippen molar-refractivity contribution >= 4 is 0 Å². The van der Waals surface area contributed by atoms with E-state index >= 15 is 0 Å². The maximum Gasteiger partial charge on any atom is 0.00416 e. The molecule has 0 aromatic rings. The Hall–Kier alpha value is -0.0400. The first-order valence-corrected chi connectivity index (χ1v) is 15.1. The van der Waals surface area contributed by atoms with Crippen molar-refractivity contribution in [3.8, 4) is 0 Å². The summed E-state index contributed by atoms with van der Waals surface area (Å²) < 4.78 is 0. The van der Waals surface area contributed by atoms with Crippen molar-refractivity contribution < 1.29 is 0 Å². The predicted octanol–water partition coefficient (Wildman–Crippen LogP) is 10.4. The lowest BCUT2D eigenvalue weighted by atomic mass is 9.78. The monoisotopic (exact) mass is 452 g/mol. The molecule has 0 aromatic carbocycles. The molecule has 0 saturated carbocycles. The minimum atomic E-state index is 0.651. The van der Waals surface area contributed by atoms with E-state index in [9.17, 15) is 0 Å². The van der Waals surface area contributed by atoms with E-state index in [0.717, 1.165) is 29.6 Å². The Labute approximate surface area is 205 Å². The van der Waals surface area contributed by atoms with Crippen LogP contribution in [0.2, 0.25) is 0 Å². The molecule has 0 bridgehead atoms. The lowest BCUT2D eigenvalue weighted by Gasteiger charge is -2.31. The molecule has 1 nitrogen and oxygen atoms in total. The van der Waals surface area contributed by atoms with Gasteiger partial charge in [0.15, 0.2) is 0 Å². The summed E-state index contributed by atoms with van der Waals surface area (Å²) in [5.74, 6) is 4.32. The van der Waals surface area contributed by atoms with E-state index in [0.29, 0.717) is 6.04 Å². The van der Waals surface area contributed by atoms with Gasteiger partial charge in [-0.2, -0.15) is 0 Å². The second-order valence-electron chi connectivity index (χ2n) is 11.8. The van der Waals surface area contributed by atoms with Gasteiger partial charge in [0.05, 0.1) is 0 Å². The van der Waals surface area contributed by atoms with Gasteiger partial charge in [-0.1, -0.05) is 132 Å². The van der Waals surface area contributed by atoms with E-state index in [4.69, 9.17) is 0 Å². The summed E-state index contributed by atoms with van der Waals surface area (Å²) in [6.45, 7) is 20.6. The molecular weight excluding hydrogens is 386 g/mol. The fourth-order valence-electron chi connectivity index (χ4n) is 5.61. The number of rotatable bonds is 23. The van der Waals surface area contributed by atoms with Crippen LogP contribution in [0.1, 0.15) is 158 Å². The lowest BCUT2D eigenvalue weighted by Crippen LogP contribution is -2.35. The van der Waals surface area contributed by atoms with Gasteiger partial charge < -0.3 is 5.32 Å². The summed E-state index contributed by atoms with van der Waals surface area (Å²) in [5, 5.41) is 3.99. The zero-order chi connectivity index (χ0) is 24.2. The quantitative estimate of drug-likeness (QED) is 0.152. The van der Waals surface area contributed by atoms with Gasteiger partial charge in [0.25, 0.3) is 0 Å². The maximum atomic E-state index is 3.99. The van der Waals surface area contributed by atoms with Gasteiger partial charge in [-0.25, -0.2) is 0 Å². The van der Waals surface area contributed by atoms with Crippen molar-refractivity contribution in [2.24, 2.45) is 29.6 Å². The van der Waals surface area contributed by atoms with Crippen molar-refractivity contribution in [1.82, 2.24) is 5.32 Å². The average molecular weight is 452 g/mol. The third-order valence-corrected chi connectivity index (χ3v) is 8.06. The number of hydrogen-bond acceptors (Lipinski definition) is 1. The van der Waals surface area contributed by atoms with Crippen LogP contribution in [0.15, 0.2) is 0 Å². The molecule has 0 fully saturated rings. The van der Waals surface area contributed by atoms with Crippen molar-refractivity contribution in [2.75, 3.05) is 6.54 Å². The summed E-state index contributed by atoms with van der Waals surface area (Å²) in [6, 6.07) is 0.651. The molecule has 1 N–H and O–H groups in total. The Kier molecular flexibility index (Phi) is 21.5. The van der Waals surface area contributed by atoms with Gasteiger partial charge in [-0.15, -0.1) is 0 Å². The van der Waals surface area contributed by atoms with Crippen molar-refractivity contribution in [2.45, 2.75) is 164 Å². The van der Waals surface area contributed by atoms with Crippen molar-refractivity contribution in [1.29, 1.82) is 0 Å². The minimum Gasteiger partial charge on any atom is -0.314 e. The summed E-state index contributed by atoms with van der Waals surface area (Å²) in [4.78, 5) is 0. The molecule has 5 unspecified atom stereocenters. The smallest absolute Gasteiger partial charge is 0.00416 e. The van der Waals surface area contributed by atoms with Crippen LogP contribution in [-0.2, 0) is 0 Å². The molecular formula is C31H65N. The molecule has 32 heavy (non-hydrogen) atoms. The molecule has 0 rings (SSSR count). The predicted molar refractivity (Wildman–Crippen MR) is 149 cm³/mol. The average Bonchev–Trinajstić information content (AvgIpc) is 2.76. The topological polar surface area (TPSA) is 12.0 Å². The molecule has 5 atom stereocenters. The van der Waals surface area contributed by atoms with Gasteiger partial charge >= 0.3 is 0 Å². The van der Waals surface area contributed by atoms with Crippen molar-refractivity contribution in [3.05, 3.63) is 0 Å². The number of hydrogen-bond donors (Lipinski definition) is 1. The molecule has 0 radical (unpaired) electrons. The van der Waals surface area contributed by atoms with Gasteiger partial charge in [-0.05, 0) is 62.3 Å². The van der Waals surface area contributed by atoms with E-state index in [1.54, 1.807) is 0 Å². The van der Waals surface area contributed by atoms with Gasteiger partial charge in [0.2, 0.25) is 0 Å². The Morgan fingerprint density at radius 2 is 1.12 bits per heavy atom. The molecule has 0 spiro atoms. The Balaban J connectivity index is 4.41. The second kappa shape index (κ2) is 21.5. The highest BCUT2D eigenvalue weighted by Crippen LogP contribution is 2.30. The third-order valence-electron chi connectivity index (χ3n) is 8.06. The van der Waals surface area contributed by atoms with Gasteiger partial charge in [-0.3, -0.25) is 0 Å². The molecule has 0 heterocycles. The molecule has 0 aromatic heterocycles. The maximum absolute atomic E-state index is 3.99. The largest absolute Gasteiger partial charge is 0.314 e. The van der Waals surface area contributed by atoms with Crippen LogP contribution in [-0.4, -0.2) is 12.6 Å². The summed E-state index contributed by atoms with van der Waals surface area (Å²) >= 11 is 0. The number of nitrogens with one attached hydrogen (secondary N) is 1. The molecule has 194 valence electrons. The first kappa shape index (κ1) is 32.0. The van der Waals surface area contributed by atoms with Crippen molar-refractivity contribution in [3.63, 3.8) is 0 Å². The van der Waals surface area contributed by atoms with E-state index in [1.807, 2.05) is 0 Å². The van der Waals surface area contributed by atoms with E-state index in [2.05, 4.69) is 60.7 Å². The van der Waals surface area contributed by atoms with E-state index in [1.165, 1.54) is 109 Å². The zero-order valence-corrected chi connectivity index (χ0v) is 24.0. The van der Waals surface area contributed by atoms with Crippen LogP contribution >= 0.6 is 0 Å². The Bertz CT molecular complexity index is 377. The van der Waals surface area contributed by atoms with Crippen LogP contribution < -0.4 is 5.32 Å².